The molecule has 0 fully saturated rings. The topological polar surface area (TPSA) is 43.4 Å². The summed E-state index contributed by atoms with van der Waals surface area (Å²) in [6.07, 6.45) is 10.9. The van der Waals surface area contributed by atoms with Crippen molar-refractivity contribution in [3.63, 3.8) is 0 Å². The van der Waals surface area contributed by atoms with Crippen LogP contribution in [0.2, 0.25) is 0 Å². The Labute approximate surface area is 156 Å². The summed E-state index contributed by atoms with van der Waals surface area (Å²) in [7, 11) is -1.71. The molecule has 1 aliphatic rings. The average molecular weight is 381 g/mol. The van der Waals surface area contributed by atoms with Crippen LogP contribution < -0.4 is 0 Å². The van der Waals surface area contributed by atoms with Crippen LogP contribution in [-0.4, -0.2) is 38.5 Å². The van der Waals surface area contributed by atoms with Gasteiger partial charge in [0.05, 0.1) is 10.5 Å². The molecule has 1 aromatic carbocycles. The summed E-state index contributed by atoms with van der Waals surface area (Å²) in [5.41, 5.74) is 2.15. The van der Waals surface area contributed by atoms with E-state index in [2.05, 4.69) is 0 Å². The van der Waals surface area contributed by atoms with Gasteiger partial charge in [-0.1, -0.05) is 60.7 Å². The van der Waals surface area contributed by atoms with Crippen LogP contribution in [0.5, 0.6) is 0 Å². The van der Waals surface area contributed by atoms with Crippen LogP contribution in [0.4, 0.5) is 0 Å². The van der Waals surface area contributed by atoms with Gasteiger partial charge in [0.2, 0.25) is 0 Å². The Morgan fingerprint density at radius 1 is 1.24 bits per heavy atom. The Morgan fingerprint density at radius 3 is 2.60 bits per heavy atom. The van der Waals surface area contributed by atoms with E-state index in [0.29, 0.717) is 31.7 Å². The smallest absolute Gasteiger partial charge is 0.163 e. The number of alkyl halides is 1. The van der Waals surface area contributed by atoms with Crippen LogP contribution in [0.15, 0.2) is 60.7 Å². The highest BCUT2D eigenvalue weighted by Gasteiger charge is 2.40. The number of allylic oxidation sites excluding steroid dienone is 3. The lowest BCUT2D eigenvalue weighted by molar-refractivity contribution is 0.204. The fourth-order valence-corrected chi connectivity index (χ4v) is 5.10. The molecule has 5 heteroatoms. The molecule has 0 radical (unpaired) electrons. The second-order valence-electron chi connectivity index (χ2n) is 6.10. The molecule has 0 saturated carbocycles. The molecule has 0 spiro atoms. The van der Waals surface area contributed by atoms with Crippen molar-refractivity contribution in [2.24, 2.45) is 0 Å². The molecule has 0 heterocycles. The fraction of sp³-hybridized carbons (Fsp3) is 0.400. The minimum Gasteiger partial charge on any atom is -0.384 e. The van der Waals surface area contributed by atoms with Crippen LogP contribution in [0, 0.1) is 0 Å². The Balaban J connectivity index is 2.16. The highest BCUT2D eigenvalue weighted by atomic mass is 35.5. The lowest BCUT2D eigenvalue weighted by atomic mass is 9.90. The molecule has 0 aromatic heterocycles. The van der Waals surface area contributed by atoms with Crippen molar-refractivity contribution in [2.45, 2.75) is 24.0 Å². The van der Waals surface area contributed by atoms with Crippen LogP contribution in [-0.2, 0) is 14.6 Å². The highest BCUT2D eigenvalue weighted by Crippen LogP contribution is 2.36. The number of benzene rings is 1. The summed E-state index contributed by atoms with van der Waals surface area (Å²) in [5.74, 6) is 0.331. The first-order valence-electron chi connectivity index (χ1n) is 8.42. The molecule has 1 unspecified atom stereocenters. The van der Waals surface area contributed by atoms with E-state index in [-0.39, 0.29) is 5.75 Å². The standard InChI is InChI=1S/C20H25ClO3S/c1-24-16-6-3-7-17-25(22,23)20(14-15-21)12-10-19(11-13-20)18-8-4-2-5-9-18/h2-5,7-12H,6,13-17H2,1H3. The van der Waals surface area contributed by atoms with Gasteiger partial charge in [-0.15, -0.1) is 11.6 Å². The van der Waals surface area contributed by atoms with Gasteiger partial charge in [-0.05, 0) is 30.4 Å². The third kappa shape index (κ3) is 5.06. The normalized spacial score (nSPS) is 20.8. The van der Waals surface area contributed by atoms with Crippen molar-refractivity contribution in [3.8, 4) is 0 Å². The summed E-state index contributed by atoms with van der Waals surface area (Å²) in [4.78, 5) is 0. The van der Waals surface area contributed by atoms with Crippen molar-refractivity contribution >= 4 is 27.0 Å². The molecule has 136 valence electrons. The Hall–Kier alpha value is -1.36. The van der Waals surface area contributed by atoms with E-state index in [1.54, 1.807) is 13.2 Å². The first kappa shape index (κ1) is 20.0. The third-order valence-corrected chi connectivity index (χ3v) is 7.02. The average Bonchev–Trinajstić information content (AvgIpc) is 2.63. The second kappa shape index (κ2) is 9.37. The molecule has 0 saturated heterocycles. The first-order valence-corrected chi connectivity index (χ1v) is 10.6. The minimum atomic E-state index is -3.34. The summed E-state index contributed by atoms with van der Waals surface area (Å²) in [6.45, 7) is 0.590. The summed E-state index contributed by atoms with van der Waals surface area (Å²) < 4.78 is 30.0. The molecule has 1 aliphatic carbocycles. The molecule has 3 nitrogen and oxygen atoms in total. The van der Waals surface area contributed by atoms with E-state index in [0.717, 1.165) is 11.1 Å². The zero-order chi connectivity index (χ0) is 18.2. The maximum absolute atomic E-state index is 13.0. The van der Waals surface area contributed by atoms with Gasteiger partial charge in [0, 0.05) is 19.6 Å². The van der Waals surface area contributed by atoms with Crippen molar-refractivity contribution in [1.29, 1.82) is 0 Å². The monoisotopic (exact) mass is 380 g/mol. The number of halogens is 1. The first-order chi connectivity index (χ1) is 12.0. The van der Waals surface area contributed by atoms with E-state index in [1.807, 2.05) is 54.6 Å². The van der Waals surface area contributed by atoms with Gasteiger partial charge in [0.15, 0.2) is 9.84 Å². The molecule has 2 rings (SSSR count). The Kier molecular flexibility index (Phi) is 7.48. The quantitative estimate of drug-likeness (QED) is 0.362. The molecule has 0 bridgehead atoms. The zero-order valence-electron chi connectivity index (χ0n) is 14.5. The van der Waals surface area contributed by atoms with Gasteiger partial charge in [-0.2, -0.15) is 0 Å². The van der Waals surface area contributed by atoms with Gasteiger partial charge < -0.3 is 4.74 Å². The van der Waals surface area contributed by atoms with Crippen molar-refractivity contribution < 1.29 is 13.2 Å². The molecule has 25 heavy (non-hydrogen) atoms. The number of methoxy groups -OCH3 is 1. The number of rotatable bonds is 9. The van der Waals surface area contributed by atoms with E-state index in [4.69, 9.17) is 16.3 Å². The zero-order valence-corrected chi connectivity index (χ0v) is 16.1. The van der Waals surface area contributed by atoms with Crippen LogP contribution >= 0.6 is 11.6 Å². The van der Waals surface area contributed by atoms with E-state index in [9.17, 15) is 8.42 Å². The minimum absolute atomic E-state index is 0.0203. The molecule has 0 amide bonds. The maximum atomic E-state index is 13.0. The Morgan fingerprint density at radius 2 is 2.00 bits per heavy atom. The van der Waals surface area contributed by atoms with Crippen LogP contribution in [0.1, 0.15) is 24.8 Å². The third-order valence-electron chi connectivity index (χ3n) is 4.45. The predicted octanol–water partition coefficient (Wildman–Crippen LogP) is 4.41. The lowest BCUT2D eigenvalue weighted by Crippen LogP contribution is -2.39. The fourth-order valence-electron chi connectivity index (χ4n) is 2.90. The van der Waals surface area contributed by atoms with E-state index in [1.165, 1.54) is 0 Å². The van der Waals surface area contributed by atoms with Gasteiger partial charge >= 0.3 is 0 Å². The summed E-state index contributed by atoms with van der Waals surface area (Å²) in [5, 5.41) is 0. The van der Waals surface area contributed by atoms with Gasteiger partial charge in [-0.25, -0.2) is 8.42 Å². The van der Waals surface area contributed by atoms with Crippen molar-refractivity contribution in [3.05, 3.63) is 66.3 Å². The number of hydrogen-bond donors (Lipinski definition) is 0. The molecule has 0 N–H and O–H groups in total. The maximum Gasteiger partial charge on any atom is 0.163 e. The van der Waals surface area contributed by atoms with Gasteiger partial charge in [0.25, 0.3) is 0 Å². The van der Waals surface area contributed by atoms with Crippen molar-refractivity contribution in [1.82, 2.24) is 0 Å². The highest BCUT2D eigenvalue weighted by molar-refractivity contribution is 7.93. The molecular weight excluding hydrogens is 356 g/mol. The summed E-state index contributed by atoms with van der Waals surface area (Å²) in [6, 6.07) is 9.97. The number of ether oxygens (including phenoxy) is 1. The van der Waals surface area contributed by atoms with Crippen molar-refractivity contribution in [2.75, 3.05) is 25.3 Å². The van der Waals surface area contributed by atoms with E-state index < -0.39 is 14.6 Å². The van der Waals surface area contributed by atoms with Gasteiger partial charge in [-0.3, -0.25) is 0 Å². The predicted molar refractivity (Wildman–Crippen MR) is 106 cm³/mol. The second-order valence-corrected chi connectivity index (χ2v) is 8.85. The largest absolute Gasteiger partial charge is 0.384 e. The molecule has 0 aliphatic heterocycles. The molecule has 1 atom stereocenters. The van der Waals surface area contributed by atoms with Crippen LogP contribution in [0.25, 0.3) is 5.57 Å². The number of sulfone groups is 1. The van der Waals surface area contributed by atoms with Gasteiger partial charge in [0.1, 0.15) is 0 Å². The summed E-state index contributed by atoms with van der Waals surface area (Å²) >= 11 is 5.93. The van der Waals surface area contributed by atoms with Crippen LogP contribution in [0.3, 0.4) is 0 Å². The molecule has 1 aromatic rings. The SMILES string of the molecule is COCCC=CCS(=O)(=O)C1(CCCl)C=CC(c2ccccc2)=CC1. The lowest BCUT2D eigenvalue weighted by Gasteiger charge is -2.31. The number of hydrogen-bond acceptors (Lipinski definition) is 3. The Bertz CT molecular complexity index is 735. The van der Waals surface area contributed by atoms with E-state index >= 15 is 0 Å². The molecular formula is C20H25ClO3S.